The van der Waals surface area contributed by atoms with E-state index in [1.807, 2.05) is 0 Å². The number of halogens is 2. The van der Waals surface area contributed by atoms with Gasteiger partial charge in [0.25, 0.3) is 0 Å². The van der Waals surface area contributed by atoms with Gasteiger partial charge in [0, 0.05) is 5.33 Å². The second kappa shape index (κ2) is 8.54. The van der Waals surface area contributed by atoms with Gasteiger partial charge in [0.15, 0.2) is 0 Å². The molecule has 2 N–H and O–H groups in total. The molecule has 0 atom stereocenters. The largest absolute Gasteiger partial charge is 0.479 e. The summed E-state index contributed by atoms with van der Waals surface area (Å²) >= 11 is 2.87. The highest BCUT2D eigenvalue weighted by atomic mass is 79.9. The van der Waals surface area contributed by atoms with Crippen molar-refractivity contribution in [2.24, 2.45) is 0 Å². The van der Waals surface area contributed by atoms with E-state index >= 15 is 0 Å². The van der Waals surface area contributed by atoms with E-state index in [4.69, 9.17) is 0 Å². The lowest BCUT2D eigenvalue weighted by atomic mass is 9.86. The minimum absolute atomic E-state index is 0.264. The Morgan fingerprint density at radius 1 is 1.00 bits per heavy atom. The maximum absolute atomic E-state index is 11.4. The summed E-state index contributed by atoms with van der Waals surface area (Å²) in [6.45, 7) is -0.264. The van der Waals surface area contributed by atoms with Gasteiger partial charge in [-0.15, -0.1) is 0 Å². The van der Waals surface area contributed by atoms with Crippen LogP contribution < -0.4 is 0 Å². The van der Waals surface area contributed by atoms with Gasteiger partial charge in [0.1, 0.15) is 0 Å². The van der Waals surface area contributed by atoms with Gasteiger partial charge in [-0.3, -0.25) is 4.39 Å². The predicted octanol–water partition coefficient (Wildman–Crippen LogP) is 3.36. The van der Waals surface area contributed by atoms with Crippen LogP contribution in [0.1, 0.15) is 11.1 Å². The molecule has 0 aromatic heterocycles. The van der Waals surface area contributed by atoms with Crippen molar-refractivity contribution in [3.63, 3.8) is 0 Å². The molecule has 0 aliphatic carbocycles. The number of carboxylic acids is 1. The molecule has 0 saturated heterocycles. The number of rotatable bonds is 4. The fraction of sp³-hybridized carbons (Fsp3) is 0.188. The fourth-order valence-electron chi connectivity index (χ4n) is 1.77. The molecule has 0 amide bonds. The number of aliphatic hydroxyl groups is 1. The Morgan fingerprint density at radius 3 is 1.57 bits per heavy atom. The zero-order valence-corrected chi connectivity index (χ0v) is 12.8. The van der Waals surface area contributed by atoms with Gasteiger partial charge in [-0.1, -0.05) is 76.6 Å². The van der Waals surface area contributed by atoms with E-state index in [2.05, 4.69) is 15.9 Å². The maximum atomic E-state index is 11.4. The van der Waals surface area contributed by atoms with Crippen molar-refractivity contribution in [3.8, 4) is 0 Å². The van der Waals surface area contributed by atoms with Crippen LogP contribution in [0.25, 0.3) is 0 Å². The second-order valence-corrected chi connectivity index (χ2v) is 4.92. The van der Waals surface area contributed by atoms with Crippen LogP contribution in [0.3, 0.4) is 0 Å². The summed E-state index contributed by atoms with van der Waals surface area (Å²) in [7, 11) is 0. The Labute approximate surface area is 131 Å². The van der Waals surface area contributed by atoms with Crippen molar-refractivity contribution < 1.29 is 19.4 Å². The smallest absolute Gasteiger partial charge is 0.345 e. The van der Waals surface area contributed by atoms with E-state index in [9.17, 15) is 19.4 Å². The molecule has 0 unspecified atom stereocenters. The zero-order valence-electron chi connectivity index (χ0n) is 11.2. The van der Waals surface area contributed by atoms with Crippen LogP contribution in [0.4, 0.5) is 4.39 Å². The van der Waals surface area contributed by atoms with E-state index in [-0.39, 0.29) is 6.67 Å². The van der Waals surface area contributed by atoms with Gasteiger partial charge in [-0.25, -0.2) is 4.79 Å². The minimum Gasteiger partial charge on any atom is -0.479 e. The molecule has 0 bridgehead atoms. The van der Waals surface area contributed by atoms with Crippen molar-refractivity contribution in [3.05, 3.63) is 71.8 Å². The van der Waals surface area contributed by atoms with Gasteiger partial charge in [0.05, 0.1) is 6.67 Å². The number of benzene rings is 2. The van der Waals surface area contributed by atoms with E-state index in [1.165, 1.54) is 0 Å². The van der Waals surface area contributed by atoms with Crippen LogP contribution in [0.15, 0.2) is 60.7 Å². The molecule has 112 valence electrons. The highest BCUT2D eigenvalue weighted by molar-refractivity contribution is 9.09. The van der Waals surface area contributed by atoms with Crippen LogP contribution in [-0.4, -0.2) is 28.2 Å². The Morgan fingerprint density at radius 2 is 1.33 bits per heavy atom. The Hall–Kier alpha value is -1.72. The maximum Gasteiger partial charge on any atom is 0.345 e. The van der Waals surface area contributed by atoms with E-state index in [1.54, 1.807) is 60.7 Å². The number of hydrogen-bond acceptors (Lipinski definition) is 2. The predicted molar refractivity (Wildman–Crippen MR) is 83.3 cm³/mol. The summed E-state index contributed by atoms with van der Waals surface area (Å²) in [6, 6.07) is 16.7. The SMILES string of the molecule is FCCBr.O=C(O)C(O)(c1ccccc1)c1ccccc1. The van der Waals surface area contributed by atoms with Crippen LogP contribution in [-0.2, 0) is 10.4 Å². The van der Waals surface area contributed by atoms with Gasteiger partial charge < -0.3 is 10.2 Å². The first kappa shape index (κ1) is 17.3. The lowest BCUT2D eigenvalue weighted by Gasteiger charge is -2.24. The molecule has 0 saturated carbocycles. The Bertz CT molecular complexity index is 504. The van der Waals surface area contributed by atoms with Gasteiger partial charge in [-0.2, -0.15) is 0 Å². The molecule has 2 aromatic rings. The normalized spacial score (nSPS) is 10.4. The lowest BCUT2D eigenvalue weighted by molar-refractivity contribution is -0.155. The monoisotopic (exact) mass is 354 g/mol. The summed E-state index contributed by atoms with van der Waals surface area (Å²) in [5.74, 6) is -1.28. The molecule has 0 spiro atoms. The van der Waals surface area contributed by atoms with Crippen LogP contribution >= 0.6 is 15.9 Å². The third-order valence-electron chi connectivity index (χ3n) is 2.76. The molecule has 2 rings (SSSR count). The lowest BCUT2D eigenvalue weighted by Crippen LogP contribution is -2.36. The van der Waals surface area contributed by atoms with Crippen LogP contribution in [0.2, 0.25) is 0 Å². The highest BCUT2D eigenvalue weighted by Crippen LogP contribution is 2.29. The first-order valence-electron chi connectivity index (χ1n) is 6.26. The van der Waals surface area contributed by atoms with E-state index in [0.717, 1.165) is 0 Å². The standard InChI is InChI=1S/C14H12O3.C2H4BrF/c15-13(16)14(17,11-7-3-1-4-8-11)12-9-5-2-6-10-12;3-1-2-4/h1-10,17H,(H,15,16);1-2H2. The van der Waals surface area contributed by atoms with Gasteiger partial charge in [0.2, 0.25) is 5.60 Å². The van der Waals surface area contributed by atoms with Gasteiger partial charge >= 0.3 is 5.97 Å². The molecule has 0 fully saturated rings. The number of carboxylic acid groups (broad SMARTS) is 1. The molecule has 21 heavy (non-hydrogen) atoms. The quantitative estimate of drug-likeness (QED) is 0.827. The number of carbonyl (C=O) groups is 1. The molecule has 3 nitrogen and oxygen atoms in total. The number of alkyl halides is 2. The molecule has 0 aliphatic rings. The highest BCUT2D eigenvalue weighted by Gasteiger charge is 2.39. The van der Waals surface area contributed by atoms with Crippen molar-refractivity contribution in [2.75, 3.05) is 12.0 Å². The second-order valence-electron chi connectivity index (χ2n) is 4.13. The average Bonchev–Trinajstić information content (AvgIpc) is 2.55. The third-order valence-corrected chi connectivity index (χ3v) is 3.06. The van der Waals surface area contributed by atoms with E-state index in [0.29, 0.717) is 16.5 Å². The molecule has 5 heteroatoms. The average molecular weight is 355 g/mol. The van der Waals surface area contributed by atoms with Crippen LogP contribution in [0, 0.1) is 0 Å². The zero-order chi connectivity index (χ0) is 15.7. The molecule has 0 aliphatic heterocycles. The van der Waals surface area contributed by atoms with Crippen LogP contribution in [0.5, 0.6) is 0 Å². The van der Waals surface area contributed by atoms with Crippen molar-refractivity contribution in [1.29, 1.82) is 0 Å². The first-order valence-corrected chi connectivity index (χ1v) is 7.38. The molecular weight excluding hydrogens is 339 g/mol. The summed E-state index contributed by atoms with van der Waals surface area (Å²) < 4.78 is 10.7. The molecule has 0 heterocycles. The Balaban J connectivity index is 0.000000491. The Kier molecular flexibility index (Phi) is 7.05. The number of aliphatic carboxylic acids is 1. The summed E-state index contributed by atoms with van der Waals surface area (Å²) in [6.07, 6.45) is 0. The van der Waals surface area contributed by atoms with E-state index < -0.39 is 11.6 Å². The van der Waals surface area contributed by atoms with Crippen molar-refractivity contribution in [1.82, 2.24) is 0 Å². The summed E-state index contributed by atoms with van der Waals surface area (Å²) in [5, 5.41) is 20.2. The first-order chi connectivity index (χ1) is 10.1. The fourth-order valence-corrected chi connectivity index (χ4v) is 1.77. The number of hydrogen-bond donors (Lipinski definition) is 2. The van der Waals surface area contributed by atoms with Gasteiger partial charge in [-0.05, 0) is 11.1 Å². The summed E-state index contributed by atoms with van der Waals surface area (Å²) in [5.41, 5.74) is -1.31. The topological polar surface area (TPSA) is 57.5 Å². The molecule has 0 radical (unpaired) electrons. The summed E-state index contributed by atoms with van der Waals surface area (Å²) in [4.78, 5) is 11.4. The van der Waals surface area contributed by atoms with Crippen molar-refractivity contribution in [2.45, 2.75) is 5.60 Å². The third kappa shape index (κ3) is 4.37. The minimum atomic E-state index is -2.00. The molecule has 2 aromatic carbocycles. The molecular formula is C16H16BrFO3. The van der Waals surface area contributed by atoms with Crippen molar-refractivity contribution >= 4 is 21.9 Å².